The number of nitrogens with two attached hydrogens (primary N) is 1. The summed E-state index contributed by atoms with van der Waals surface area (Å²) in [7, 11) is 0. The van der Waals surface area contributed by atoms with Gasteiger partial charge >= 0.3 is 0 Å². The molecule has 0 spiro atoms. The van der Waals surface area contributed by atoms with Crippen LogP contribution in [0, 0.1) is 10.1 Å². The molecule has 0 radical (unpaired) electrons. The number of benzene rings is 1. The number of nitro benzene ring substituents is 1. The average molecular weight is 252 g/mol. The molecular formula is C11H16N4O3. The summed E-state index contributed by atoms with van der Waals surface area (Å²) >= 11 is 0. The zero-order chi connectivity index (χ0) is 13.7. The highest BCUT2D eigenvalue weighted by atomic mass is 16.6. The number of anilines is 1. The van der Waals surface area contributed by atoms with Crippen LogP contribution in [0.3, 0.4) is 0 Å². The lowest BCUT2D eigenvalue weighted by Gasteiger charge is -2.12. The monoisotopic (exact) mass is 252 g/mol. The number of hydrazine groups is 1. The number of hydrogen-bond acceptors (Lipinski definition) is 5. The zero-order valence-electron chi connectivity index (χ0n) is 10.3. The van der Waals surface area contributed by atoms with Crippen molar-refractivity contribution >= 4 is 17.3 Å². The number of rotatable bonds is 5. The fourth-order valence-electron chi connectivity index (χ4n) is 1.37. The van der Waals surface area contributed by atoms with E-state index in [4.69, 9.17) is 5.84 Å². The molecule has 1 aromatic carbocycles. The van der Waals surface area contributed by atoms with Crippen molar-refractivity contribution in [2.75, 3.05) is 5.43 Å². The van der Waals surface area contributed by atoms with E-state index in [0.717, 1.165) is 6.42 Å². The van der Waals surface area contributed by atoms with Crippen LogP contribution in [0.2, 0.25) is 0 Å². The van der Waals surface area contributed by atoms with Crippen molar-refractivity contribution in [2.24, 2.45) is 5.84 Å². The first-order valence-electron chi connectivity index (χ1n) is 5.55. The summed E-state index contributed by atoms with van der Waals surface area (Å²) in [5.41, 5.74) is 2.55. The van der Waals surface area contributed by atoms with Crippen LogP contribution in [0.15, 0.2) is 18.2 Å². The number of hydrogen-bond donors (Lipinski definition) is 3. The van der Waals surface area contributed by atoms with Gasteiger partial charge in [0.05, 0.1) is 4.92 Å². The van der Waals surface area contributed by atoms with E-state index in [0.29, 0.717) is 5.69 Å². The second kappa shape index (κ2) is 5.97. The molecule has 1 amide bonds. The van der Waals surface area contributed by atoms with Crippen LogP contribution >= 0.6 is 0 Å². The first kappa shape index (κ1) is 13.9. The topological polar surface area (TPSA) is 110 Å². The van der Waals surface area contributed by atoms with Crippen molar-refractivity contribution in [3.8, 4) is 0 Å². The molecule has 0 saturated heterocycles. The number of carbonyl (C=O) groups excluding carboxylic acids is 1. The number of nitrogens with one attached hydrogen (secondary N) is 2. The quantitative estimate of drug-likeness (QED) is 0.417. The molecule has 7 nitrogen and oxygen atoms in total. The van der Waals surface area contributed by atoms with E-state index in [-0.39, 0.29) is 17.3 Å². The molecule has 0 aliphatic heterocycles. The van der Waals surface area contributed by atoms with E-state index in [1.165, 1.54) is 18.2 Å². The van der Waals surface area contributed by atoms with Crippen LogP contribution in [-0.4, -0.2) is 16.9 Å². The Balaban J connectivity index is 3.10. The van der Waals surface area contributed by atoms with Gasteiger partial charge in [-0.1, -0.05) is 6.92 Å². The van der Waals surface area contributed by atoms with E-state index < -0.39 is 10.8 Å². The Bertz CT molecular complexity index is 462. The van der Waals surface area contributed by atoms with E-state index in [9.17, 15) is 14.9 Å². The van der Waals surface area contributed by atoms with Crippen molar-refractivity contribution in [3.63, 3.8) is 0 Å². The summed E-state index contributed by atoms with van der Waals surface area (Å²) < 4.78 is 0. The van der Waals surface area contributed by atoms with Gasteiger partial charge in [-0.2, -0.15) is 0 Å². The lowest BCUT2D eigenvalue weighted by Crippen LogP contribution is -2.32. The molecule has 0 bridgehead atoms. The highest BCUT2D eigenvalue weighted by Crippen LogP contribution is 2.22. The number of amides is 1. The molecule has 0 aromatic heterocycles. The van der Waals surface area contributed by atoms with Crippen LogP contribution in [0.1, 0.15) is 30.6 Å². The SMILES string of the molecule is CCC(C)NC(=O)c1cc(NN)ccc1[N+](=O)[O-]. The molecule has 0 heterocycles. The molecule has 1 rings (SSSR count). The Morgan fingerprint density at radius 2 is 2.22 bits per heavy atom. The molecule has 0 aliphatic rings. The van der Waals surface area contributed by atoms with Crippen LogP contribution in [-0.2, 0) is 0 Å². The Morgan fingerprint density at radius 3 is 2.72 bits per heavy atom. The maximum Gasteiger partial charge on any atom is 0.282 e. The summed E-state index contributed by atoms with van der Waals surface area (Å²) in [5.74, 6) is 4.74. The van der Waals surface area contributed by atoms with Crippen LogP contribution in [0.25, 0.3) is 0 Å². The van der Waals surface area contributed by atoms with Crippen molar-refractivity contribution in [3.05, 3.63) is 33.9 Å². The highest BCUT2D eigenvalue weighted by Gasteiger charge is 2.21. The van der Waals surface area contributed by atoms with Crippen LogP contribution < -0.4 is 16.6 Å². The Morgan fingerprint density at radius 1 is 1.56 bits per heavy atom. The number of nitrogens with zero attached hydrogens (tertiary/aromatic N) is 1. The molecule has 98 valence electrons. The smallest absolute Gasteiger partial charge is 0.282 e. The Kier molecular flexibility index (Phi) is 4.61. The second-order valence-electron chi connectivity index (χ2n) is 3.92. The average Bonchev–Trinajstić information content (AvgIpc) is 2.37. The molecule has 0 aliphatic carbocycles. The molecule has 1 unspecified atom stereocenters. The third-order valence-corrected chi connectivity index (χ3v) is 2.59. The third-order valence-electron chi connectivity index (χ3n) is 2.59. The summed E-state index contributed by atoms with van der Waals surface area (Å²) in [6.45, 7) is 3.74. The maximum atomic E-state index is 11.9. The van der Waals surface area contributed by atoms with Gasteiger partial charge in [-0.15, -0.1) is 0 Å². The first-order chi connectivity index (χ1) is 8.49. The minimum Gasteiger partial charge on any atom is -0.349 e. The minimum atomic E-state index is -0.591. The molecule has 0 fully saturated rings. The van der Waals surface area contributed by atoms with Crippen molar-refractivity contribution < 1.29 is 9.72 Å². The minimum absolute atomic E-state index is 0.00394. The Hall–Kier alpha value is -2.15. The molecular weight excluding hydrogens is 236 g/mol. The van der Waals surface area contributed by atoms with Crippen LogP contribution in [0.5, 0.6) is 0 Å². The predicted molar refractivity (Wildman–Crippen MR) is 68.1 cm³/mol. The van der Waals surface area contributed by atoms with E-state index in [2.05, 4.69) is 10.7 Å². The fourth-order valence-corrected chi connectivity index (χ4v) is 1.37. The largest absolute Gasteiger partial charge is 0.349 e. The molecule has 4 N–H and O–H groups in total. The summed E-state index contributed by atoms with van der Waals surface area (Å²) in [5, 5.41) is 13.5. The molecule has 18 heavy (non-hydrogen) atoms. The van der Waals surface area contributed by atoms with Crippen LogP contribution in [0.4, 0.5) is 11.4 Å². The van der Waals surface area contributed by atoms with Crippen molar-refractivity contribution in [1.82, 2.24) is 5.32 Å². The lowest BCUT2D eigenvalue weighted by atomic mass is 10.1. The summed E-state index contributed by atoms with van der Waals surface area (Å²) in [6.07, 6.45) is 0.744. The first-order valence-corrected chi connectivity index (χ1v) is 5.55. The van der Waals surface area contributed by atoms with Gasteiger partial charge in [0.2, 0.25) is 0 Å². The molecule has 7 heteroatoms. The van der Waals surface area contributed by atoms with Gasteiger partial charge in [0.1, 0.15) is 5.56 Å². The van der Waals surface area contributed by atoms with Gasteiger partial charge in [-0.3, -0.25) is 20.8 Å². The van der Waals surface area contributed by atoms with E-state index >= 15 is 0 Å². The standard InChI is InChI=1S/C11H16N4O3/c1-3-7(2)13-11(16)9-6-8(14-12)4-5-10(9)15(17)18/h4-7,14H,3,12H2,1-2H3,(H,13,16). The molecule has 0 saturated carbocycles. The van der Waals surface area contributed by atoms with Gasteiger partial charge < -0.3 is 10.7 Å². The van der Waals surface area contributed by atoms with Crippen molar-refractivity contribution in [2.45, 2.75) is 26.3 Å². The fraction of sp³-hybridized carbons (Fsp3) is 0.364. The van der Waals surface area contributed by atoms with Gasteiger partial charge in [0.15, 0.2) is 0 Å². The second-order valence-corrected chi connectivity index (χ2v) is 3.92. The van der Waals surface area contributed by atoms with E-state index in [1.807, 2.05) is 13.8 Å². The van der Waals surface area contributed by atoms with E-state index in [1.54, 1.807) is 0 Å². The molecule has 1 aromatic rings. The number of nitro groups is 1. The lowest BCUT2D eigenvalue weighted by molar-refractivity contribution is -0.385. The third kappa shape index (κ3) is 3.17. The number of carbonyl (C=O) groups is 1. The highest BCUT2D eigenvalue weighted by molar-refractivity contribution is 5.99. The summed E-state index contributed by atoms with van der Waals surface area (Å²) in [4.78, 5) is 22.2. The van der Waals surface area contributed by atoms with Gasteiger partial charge in [0.25, 0.3) is 11.6 Å². The van der Waals surface area contributed by atoms with Gasteiger partial charge in [-0.25, -0.2) is 0 Å². The number of nitrogen functional groups attached to an aromatic ring is 1. The van der Waals surface area contributed by atoms with Gasteiger partial charge in [-0.05, 0) is 25.5 Å². The zero-order valence-corrected chi connectivity index (χ0v) is 10.3. The normalized spacial score (nSPS) is 11.7. The maximum absolute atomic E-state index is 11.9. The molecule has 1 atom stereocenters. The summed E-state index contributed by atoms with van der Waals surface area (Å²) in [6, 6.07) is 4.00. The van der Waals surface area contributed by atoms with Crippen molar-refractivity contribution in [1.29, 1.82) is 0 Å². The predicted octanol–water partition coefficient (Wildman–Crippen LogP) is 1.41. The Labute approximate surface area is 104 Å². The van der Waals surface area contributed by atoms with Gasteiger partial charge in [0, 0.05) is 17.8 Å².